The van der Waals surface area contributed by atoms with Gasteiger partial charge in [-0.05, 0) is 29.3 Å². The number of aromatic nitrogens is 2. The molecule has 1 unspecified atom stereocenters. The smallest absolute Gasteiger partial charge is 0.307 e. The van der Waals surface area contributed by atoms with E-state index in [1.807, 2.05) is 25.5 Å². The van der Waals surface area contributed by atoms with Gasteiger partial charge in [0.2, 0.25) is 0 Å². The Hall–Kier alpha value is -1.73. The van der Waals surface area contributed by atoms with Crippen molar-refractivity contribution >= 4 is 34.0 Å². The highest BCUT2D eigenvalue weighted by Crippen LogP contribution is 2.25. The van der Waals surface area contributed by atoms with Crippen LogP contribution in [0.1, 0.15) is 17.2 Å². The molecule has 0 saturated carbocycles. The molecule has 25 heavy (non-hydrogen) atoms. The highest BCUT2D eigenvalue weighted by molar-refractivity contribution is 7.16. The lowest BCUT2D eigenvalue weighted by Gasteiger charge is -2.36. The van der Waals surface area contributed by atoms with Crippen molar-refractivity contribution in [3.05, 3.63) is 63.5 Å². The van der Waals surface area contributed by atoms with Gasteiger partial charge in [0.1, 0.15) is 0 Å². The van der Waals surface area contributed by atoms with Gasteiger partial charge in [0.15, 0.2) is 0 Å². The van der Waals surface area contributed by atoms with Gasteiger partial charge in [-0.1, -0.05) is 23.5 Å². The van der Waals surface area contributed by atoms with Crippen LogP contribution in [-0.4, -0.2) is 34.1 Å². The number of hydrogen-bond donors (Lipinski definition) is 1. The molecule has 0 amide bonds. The van der Waals surface area contributed by atoms with Crippen molar-refractivity contribution in [3.63, 3.8) is 0 Å². The molecule has 5 nitrogen and oxygen atoms in total. The van der Waals surface area contributed by atoms with E-state index in [-0.39, 0.29) is 17.3 Å². The van der Waals surface area contributed by atoms with Crippen molar-refractivity contribution in [2.75, 3.05) is 19.6 Å². The molecule has 0 spiro atoms. The molecule has 1 aliphatic heterocycles. The van der Waals surface area contributed by atoms with E-state index in [4.69, 9.17) is 0 Å². The molecule has 132 valence electrons. The van der Waals surface area contributed by atoms with Gasteiger partial charge in [-0.2, -0.15) is 0 Å². The molecule has 1 atom stereocenters. The SMILES string of the molecule is Cl.Cn1c(=O)sc2cc(CN3CCNCC3c3cccnc3)ccc21. The summed E-state index contributed by atoms with van der Waals surface area (Å²) >= 11 is 1.32. The summed E-state index contributed by atoms with van der Waals surface area (Å²) in [5.41, 5.74) is 3.51. The second-order valence-corrected chi connectivity index (χ2v) is 7.20. The Morgan fingerprint density at radius 1 is 1.36 bits per heavy atom. The van der Waals surface area contributed by atoms with Gasteiger partial charge in [0.05, 0.1) is 10.2 Å². The Bertz CT molecular complexity index is 908. The third-order valence-electron chi connectivity index (χ3n) is 4.67. The maximum Gasteiger partial charge on any atom is 0.307 e. The minimum Gasteiger partial charge on any atom is -0.314 e. The minimum atomic E-state index is 0. The number of thiazole rings is 1. The number of rotatable bonds is 3. The summed E-state index contributed by atoms with van der Waals surface area (Å²) in [6, 6.07) is 10.8. The van der Waals surface area contributed by atoms with Crippen molar-refractivity contribution in [3.8, 4) is 0 Å². The first-order valence-electron chi connectivity index (χ1n) is 8.15. The second-order valence-electron chi connectivity index (χ2n) is 6.21. The summed E-state index contributed by atoms with van der Waals surface area (Å²) in [5, 5.41) is 3.48. The third kappa shape index (κ3) is 3.62. The van der Waals surface area contributed by atoms with Gasteiger partial charge in [-0.15, -0.1) is 12.4 Å². The minimum absolute atomic E-state index is 0. The number of piperazine rings is 1. The standard InChI is InChI=1S/C18H20N4OS.ClH/c1-21-15-5-4-13(9-17(15)24-18(21)23)12-22-8-7-20-11-16(22)14-3-2-6-19-10-14;/h2-6,9-10,16,20H,7-8,11-12H2,1H3;1H. The van der Waals surface area contributed by atoms with Crippen LogP contribution >= 0.6 is 23.7 Å². The normalized spacial score (nSPS) is 18.2. The van der Waals surface area contributed by atoms with Crippen LogP contribution < -0.4 is 10.2 Å². The first kappa shape index (κ1) is 18.1. The first-order valence-corrected chi connectivity index (χ1v) is 8.97. The van der Waals surface area contributed by atoms with E-state index in [1.165, 1.54) is 22.5 Å². The molecule has 2 aromatic heterocycles. The Kier molecular flexibility index (Phi) is 5.54. The number of halogens is 1. The molecule has 4 rings (SSSR count). The van der Waals surface area contributed by atoms with E-state index in [2.05, 4.69) is 39.5 Å². The monoisotopic (exact) mass is 376 g/mol. The lowest BCUT2D eigenvalue weighted by Crippen LogP contribution is -2.45. The molecule has 1 aliphatic rings. The fraction of sp³-hybridized carbons (Fsp3) is 0.333. The van der Waals surface area contributed by atoms with Crippen LogP contribution in [0.2, 0.25) is 0 Å². The number of hydrogen-bond acceptors (Lipinski definition) is 5. The van der Waals surface area contributed by atoms with Crippen molar-refractivity contribution in [2.45, 2.75) is 12.6 Å². The predicted octanol–water partition coefficient (Wildman–Crippen LogP) is 2.56. The second kappa shape index (κ2) is 7.66. The molecule has 0 radical (unpaired) electrons. The lowest BCUT2D eigenvalue weighted by molar-refractivity contribution is 0.153. The largest absolute Gasteiger partial charge is 0.314 e. The number of fused-ring (bicyclic) bond motifs is 1. The van der Waals surface area contributed by atoms with E-state index in [1.54, 1.807) is 4.57 Å². The average molecular weight is 377 g/mol. The van der Waals surface area contributed by atoms with Crippen LogP contribution in [0.4, 0.5) is 0 Å². The number of nitrogens with one attached hydrogen (secondary N) is 1. The van der Waals surface area contributed by atoms with Gasteiger partial charge in [-0.25, -0.2) is 0 Å². The maximum atomic E-state index is 11.8. The van der Waals surface area contributed by atoms with Crippen LogP contribution in [0.5, 0.6) is 0 Å². The molecule has 0 bridgehead atoms. The van der Waals surface area contributed by atoms with E-state index in [0.29, 0.717) is 6.04 Å². The Labute approximate surface area is 156 Å². The zero-order chi connectivity index (χ0) is 16.5. The number of benzene rings is 1. The third-order valence-corrected chi connectivity index (χ3v) is 5.66. The van der Waals surface area contributed by atoms with E-state index >= 15 is 0 Å². The fourth-order valence-corrected chi connectivity index (χ4v) is 4.29. The van der Waals surface area contributed by atoms with E-state index in [9.17, 15) is 4.79 Å². The topological polar surface area (TPSA) is 50.2 Å². The summed E-state index contributed by atoms with van der Waals surface area (Å²) in [5.74, 6) is 0. The van der Waals surface area contributed by atoms with Gasteiger partial charge in [-0.3, -0.25) is 14.7 Å². The first-order chi connectivity index (χ1) is 11.7. The van der Waals surface area contributed by atoms with Gasteiger partial charge in [0.25, 0.3) is 0 Å². The quantitative estimate of drug-likeness (QED) is 0.763. The van der Waals surface area contributed by atoms with E-state index in [0.717, 1.165) is 36.4 Å². The van der Waals surface area contributed by atoms with Crippen molar-refractivity contribution in [1.29, 1.82) is 0 Å². The molecular formula is C18H21ClN4OS. The van der Waals surface area contributed by atoms with Crippen LogP contribution in [0.3, 0.4) is 0 Å². The van der Waals surface area contributed by atoms with Gasteiger partial charge < -0.3 is 9.88 Å². The fourth-order valence-electron chi connectivity index (χ4n) is 3.35. The summed E-state index contributed by atoms with van der Waals surface area (Å²) in [4.78, 5) is 18.7. The lowest BCUT2D eigenvalue weighted by atomic mass is 10.0. The molecule has 3 aromatic rings. The van der Waals surface area contributed by atoms with Crippen LogP contribution in [0.25, 0.3) is 10.2 Å². The van der Waals surface area contributed by atoms with E-state index < -0.39 is 0 Å². The zero-order valence-corrected chi connectivity index (χ0v) is 15.6. The zero-order valence-electron chi connectivity index (χ0n) is 14.0. The van der Waals surface area contributed by atoms with Crippen LogP contribution in [0.15, 0.2) is 47.5 Å². The Morgan fingerprint density at radius 2 is 2.24 bits per heavy atom. The number of nitrogens with zero attached hydrogens (tertiary/aromatic N) is 3. The number of pyridine rings is 1. The average Bonchev–Trinajstić information content (AvgIpc) is 2.90. The molecule has 7 heteroatoms. The predicted molar refractivity (Wildman–Crippen MR) is 105 cm³/mol. The van der Waals surface area contributed by atoms with Gasteiger partial charge >= 0.3 is 4.87 Å². The Balaban J connectivity index is 0.00000182. The summed E-state index contributed by atoms with van der Waals surface area (Å²) < 4.78 is 2.78. The molecular weight excluding hydrogens is 356 g/mol. The van der Waals surface area contributed by atoms with Crippen LogP contribution in [-0.2, 0) is 13.6 Å². The highest BCUT2D eigenvalue weighted by atomic mass is 35.5. The maximum absolute atomic E-state index is 11.8. The van der Waals surface area contributed by atoms with Crippen molar-refractivity contribution in [2.24, 2.45) is 7.05 Å². The molecule has 1 aromatic carbocycles. The Morgan fingerprint density at radius 3 is 3.04 bits per heavy atom. The molecule has 0 aliphatic carbocycles. The molecule has 1 N–H and O–H groups in total. The molecule has 1 fully saturated rings. The van der Waals surface area contributed by atoms with Gasteiger partial charge in [0, 0.05) is 51.7 Å². The van der Waals surface area contributed by atoms with Crippen LogP contribution in [0, 0.1) is 0 Å². The summed E-state index contributed by atoms with van der Waals surface area (Å²) in [7, 11) is 1.83. The molecule has 3 heterocycles. The molecule has 1 saturated heterocycles. The summed E-state index contributed by atoms with van der Waals surface area (Å²) in [6.45, 7) is 3.82. The van der Waals surface area contributed by atoms with Crippen molar-refractivity contribution in [1.82, 2.24) is 19.8 Å². The number of aryl methyl sites for hydroxylation is 1. The summed E-state index contributed by atoms with van der Waals surface area (Å²) in [6.07, 6.45) is 3.77. The van der Waals surface area contributed by atoms with Crippen molar-refractivity contribution < 1.29 is 0 Å². The highest BCUT2D eigenvalue weighted by Gasteiger charge is 2.24.